The van der Waals surface area contributed by atoms with Gasteiger partial charge in [0.1, 0.15) is 5.82 Å². The Hall–Kier alpha value is -3.65. The van der Waals surface area contributed by atoms with E-state index in [1.165, 1.54) is 0 Å². The summed E-state index contributed by atoms with van der Waals surface area (Å²) in [5.41, 5.74) is 4.66. The van der Waals surface area contributed by atoms with Crippen LogP contribution in [-0.2, 0) is 5.75 Å². The molecule has 1 aliphatic heterocycles. The minimum absolute atomic E-state index is 0.102. The molecule has 5 aromatic rings. The maximum atomic E-state index is 13.4. The summed E-state index contributed by atoms with van der Waals surface area (Å²) in [6.45, 7) is 1.44. The predicted molar refractivity (Wildman–Crippen MR) is 133 cm³/mol. The molecule has 34 heavy (non-hydrogen) atoms. The Balaban J connectivity index is 1.14. The quantitative estimate of drug-likeness (QED) is 0.371. The van der Waals surface area contributed by atoms with E-state index in [9.17, 15) is 4.79 Å². The number of amides is 1. The predicted octanol–water partition coefficient (Wildman–Crippen LogP) is 4.92. The number of aromatic amines is 1. The lowest BCUT2D eigenvalue weighted by Crippen LogP contribution is -2.38. The van der Waals surface area contributed by atoms with Gasteiger partial charge in [-0.1, -0.05) is 48.2 Å². The van der Waals surface area contributed by atoms with Crippen molar-refractivity contribution in [2.45, 2.75) is 29.7 Å². The van der Waals surface area contributed by atoms with Crippen molar-refractivity contribution in [3.05, 3.63) is 89.9 Å². The van der Waals surface area contributed by atoms with Crippen LogP contribution in [0.2, 0.25) is 0 Å². The van der Waals surface area contributed by atoms with Crippen molar-refractivity contribution in [1.29, 1.82) is 0 Å². The fraction of sp³-hybridized carbons (Fsp3) is 0.231. The number of para-hydroxylation sites is 2. The van der Waals surface area contributed by atoms with E-state index >= 15 is 0 Å². The molecule has 1 amide bonds. The molecule has 0 spiro atoms. The Kier molecular flexibility index (Phi) is 5.50. The van der Waals surface area contributed by atoms with Crippen LogP contribution in [0.5, 0.6) is 0 Å². The molecule has 1 aliphatic rings. The Morgan fingerprint density at radius 3 is 2.65 bits per heavy atom. The number of nitrogens with zero attached hydrogens (tertiary/aromatic N) is 5. The molecule has 0 saturated carbocycles. The van der Waals surface area contributed by atoms with Gasteiger partial charge < -0.3 is 9.88 Å². The van der Waals surface area contributed by atoms with Crippen LogP contribution in [0.1, 0.15) is 40.5 Å². The van der Waals surface area contributed by atoms with Crippen molar-refractivity contribution in [2.24, 2.45) is 0 Å². The number of thioether (sulfide) groups is 1. The van der Waals surface area contributed by atoms with E-state index in [-0.39, 0.29) is 5.91 Å². The average molecular weight is 469 g/mol. The fourth-order valence-electron chi connectivity index (χ4n) is 4.65. The zero-order valence-electron chi connectivity index (χ0n) is 18.6. The molecule has 4 heterocycles. The summed E-state index contributed by atoms with van der Waals surface area (Å²) in [5, 5.41) is 9.58. The second-order valence-corrected chi connectivity index (χ2v) is 9.52. The number of hydrogen-bond acceptors (Lipinski definition) is 5. The smallest absolute Gasteiger partial charge is 0.254 e. The molecule has 170 valence electrons. The summed E-state index contributed by atoms with van der Waals surface area (Å²) in [7, 11) is 0. The largest absolute Gasteiger partial charge is 0.339 e. The van der Waals surface area contributed by atoms with Crippen LogP contribution in [0.4, 0.5) is 0 Å². The zero-order chi connectivity index (χ0) is 22.9. The fourth-order valence-corrected chi connectivity index (χ4v) is 5.54. The third kappa shape index (κ3) is 3.94. The number of nitrogens with one attached hydrogen (secondary N) is 1. The van der Waals surface area contributed by atoms with Gasteiger partial charge in [-0.25, -0.2) is 4.98 Å². The van der Waals surface area contributed by atoms with Crippen LogP contribution < -0.4 is 0 Å². The molecule has 1 fully saturated rings. The summed E-state index contributed by atoms with van der Waals surface area (Å²) in [4.78, 5) is 23.4. The molecular weight excluding hydrogens is 444 g/mol. The molecule has 0 radical (unpaired) electrons. The third-order valence-electron chi connectivity index (χ3n) is 6.47. The number of aromatic nitrogens is 5. The van der Waals surface area contributed by atoms with Crippen LogP contribution in [0, 0.1) is 0 Å². The monoisotopic (exact) mass is 468 g/mol. The van der Waals surface area contributed by atoms with Gasteiger partial charge in [-0.05, 0) is 48.7 Å². The molecule has 0 unspecified atom stereocenters. The summed E-state index contributed by atoms with van der Waals surface area (Å²) < 4.78 is 2.06. The van der Waals surface area contributed by atoms with Crippen LogP contribution in [0.25, 0.3) is 16.7 Å². The minimum atomic E-state index is 0.102. The highest BCUT2D eigenvalue weighted by atomic mass is 32.2. The number of piperidine rings is 1. The number of imidazole rings is 1. The molecule has 6 rings (SSSR count). The molecule has 3 aromatic heterocycles. The molecule has 8 heteroatoms. The van der Waals surface area contributed by atoms with Gasteiger partial charge in [-0.3, -0.25) is 9.20 Å². The molecule has 2 aromatic carbocycles. The Labute approximate surface area is 201 Å². The first-order chi connectivity index (χ1) is 16.8. The van der Waals surface area contributed by atoms with E-state index in [1.54, 1.807) is 11.8 Å². The van der Waals surface area contributed by atoms with Crippen molar-refractivity contribution in [2.75, 3.05) is 13.1 Å². The summed E-state index contributed by atoms with van der Waals surface area (Å²) in [6, 6.07) is 21.9. The summed E-state index contributed by atoms with van der Waals surface area (Å²) in [6.07, 6.45) is 3.78. The van der Waals surface area contributed by atoms with Crippen LogP contribution in [0.15, 0.2) is 78.1 Å². The number of carbonyl (C=O) groups excluding carboxylic acids is 1. The normalized spacial score (nSPS) is 14.8. The zero-order valence-corrected chi connectivity index (χ0v) is 19.4. The second-order valence-electron chi connectivity index (χ2n) is 8.56. The van der Waals surface area contributed by atoms with Crippen molar-refractivity contribution in [1.82, 2.24) is 29.5 Å². The van der Waals surface area contributed by atoms with E-state index in [0.717, 1.165) is 64.7 Å². The number of fused-ring (bicyclic) bond motifs is 2. The van der Waals surface area contributed by atoms with Gasteiger partial charge in [0.05, 0.1) is 11.0 Å². The van der Waals surface area contributed by atoms with Gasteiger partial charge >= 0.3 is 0 Å². The molecule has 1 N–H and O–H groups in total. The summed E-state index contributed by atoms with van der Waals surface area (Å²) >= 11 is 1.62. The maximum absolute atomic E-state index is 13.4. The lowest BCUT2D eigenvalue weighted by Gasteiger charge is -2.31. The van der Waals surface area contributed by atoms with Gasteiger partial charge in [-0.2, -0.15) is 0 Å². The molecular formula is C26H24N6OS. The van der Waals surface area contributed by atoms with Crippen molar-refractivity contribution >= 4 is 34.3 Å². The maximum Gasteiger partial charge on any atom is 0.254 e. The topological polar surface area (TPSA) is 79.2 Å². The van der Waals surface area contributed by atoms with E-state index in [0.29, 0.717) is 11.7 Å². The molecule has 0 atom stereocenters. The van der Waals surface area contributed by atoms with Gasteiger partial charge in [0.25, 0.3) is 5.91 Å². The average Bonchev–Trinajstić information content (AvgIpc) is 3.51. The Morgan fingerprint density at radius 1 is 0.971 bits per heavy atom. The molecule has 0 bridgehead atoms. The van der Waals surface area contributed by atoms with E-state index in [2.05, 4.69) is 24.6 Å². The number of pyridine rings is 1. The van der Waals surface area contributed by atoms with E-state index in [1.807, 2.05) is 77.8 Å². The van der Waals surface area contributed by atoms with Gasteiger partial charge in [-0.15, -0.1) is 10.2 Å². The Bertz CT molecular complexity index is 1430. The van der Waals surface area contributed by atoms with E-state index < -0.39 is 0 Å². The van der Waals surface area contributed by atoms with Crippen molar-refractivity contribution in [3.8, 4) is 0 Å². The Morgan fingerprint density at radius 2 is 1.76 bits per heavy atom. The first-order valence-corrected chi connectivity index (χ1v) is 12.5. The number of rotatable bonds is 5. The standard InChI is InChI=1S/C26H24N6OS/c33-25(31-15-12-18(13-16-31)24-30-29-23-11-5-6-14-32(23)24)20-8-2-1-7-19(20)17-34-26-27-21-9-3-4-10-22(21)28-26/h1-11,14,18H,12-13,15-17H2,(H,27,28). The van der Waals surface area contributed by atoms with Gasteiger partial charge in [0.15, 0.2) is 10.8 Å². The highest BCUT2D eigenvalue weighted by Crippen LogP contribution is 2.29. The molecule has 7 nitrogen and oxygen atoms in total. The number of benzene rings is 2. The van der Waals surface area contributed by atoms with E-state index in [4.69, 9.17) is 0 Å². The first-order valence-electron chi connectivity index (χ1n) is 11.5. The van der Waals surface area contributed by atoms with Crippen LogP contribution in [-0.4, -0.2) is 48.5 Å². The number of carbonyl (C=O) groups is 1. The summed E-state index contributed by atoms with van der Waals surface area (Å²) in [5.74, 6) is 2.08. The number of likely N-dealkylation sites (tertiary alicyclic amines) is 1. The van der Waals surface area contributed by atoms with Crippen molar-refractivity contribution < 1.29 is 4.79 Å². The van der Waals surface area contributed by atoms with Crippen molar-refractivity contribution in [3.63, 3.8) is 0 Å². The van der Waals surface area contributed by atoms with Gasteiger partial charge in [0.2, 0.25) is 0 Å². The lowest BCUT2D eigenvalue weighted by molar-refractivity contribution is 0.0710. The SMILES string of the molecule is O=C(c1ccccc1CSc1nc2ccccc2[nH]1)N1CCC(c2nnc3ccccn23)CC1. The first kappa shape index (κ1) is 20.9. The van der Waals surface area contributed by atoms with Crippen LogP contribution in [0.3, 0.4) is 0 Å². The van der Waals surface area contributed by atoms with Gasteiger partial charge in [0, 0.05) is 36.5 Å². The number of H-pyrrole nitrogens is 1. The minimum Gasteiger partial charge on any atom is -0.339 e. The third-order valence-corrected chi connectivity index (χ3v) is 7.39. The molecule has 0 aliphatic carbocycles. The highest BCUT2D eigenvalue weighted by molar-refractivity contribution is 7.98. The molecule has 1 saturated heterocycles. The number of hydrogen-bond donors (Lipinski definition) is 1. The van der Waals surface area contributed by atoms with Crippen LogP contribution >= 0.6 is 11.8 Å². The lowest BCUT2D eigenvalue weighted by atomic mass is 9.95. The highest BCUT2D eigenvalue weighted by Gasteiger charge is 2.28. The second kappa shape index (κ2) is 8.95.